The number of carbonyl (C=O) groups is 2. The van der Waals surface area contributed by atoms with Crippen molar-refractivity contribution >= 4 is 17.4 Å². The maximum atomic E-state index is 11.5. The van der Waals surface area contributed by atoms with E-state index in [1.807, 2.05) is 0 Å². The first-order valence-electron chi connectivity index (χ1n) is 4.29. The van der Waals surface area contributed by atoms with Crippen LogP contribution in [0.25, 0.3) is 0 Å². The number of ether oxygens (including phenoxy) is 2. The molecule has 1 amide bonds. The summed E-state index contributed by atoms with van der Waals surface area (Å²) in [5, 5.41) is 2.45. The van der Waals surface area contributed by atoms with Gasteiger partial charge < -0.3 is 14.8 Å². The van der Waals surface area contributed by atoms with Crippen LogP contribution in [0.2, 0.25) is 0 Å². The number of fused-ring (bicyclic) bond motifs is 1. The van der Waals surface area contributed by atoms with Gasteiger partial charge in [-0.1, -0.05) is 0 Å². The number of carbonyl (C=O) groups excluding carboxylic acids is 2. The van der Waals surface area contributed by atoms with Gasteiger partial charge in [0.15, 0.2) is 0 Å². The molecule has 78 valence electrons. The quantitative estimate of drug-likeness (QED) is 0.730. The van der Waals surface area contributed by atoms with E-state index in [0.717, 1.165) is 0 Å². The van der Waals surface area contributed by atoms with Gasteiger partial charge in [0.1, 0.15) is 11.5 Å². The van der Waals surface area contributed by atoms with Crippen molar-refractivity contribution in [2.75, 3.05) is 19.5 Å². The van der Waals surface area contributed by atoms with Gasteiger partial charge in [0.25, 0.3) is 11.7 Å². The Bertz CT molecular complexity index is 453. The molecular formula is C10H9NO4. The lowest BCUT2D eigenvalue weighted by Crippen LogP contribution is -2.12. The number of amides is 1. The molecule has 0 bridgehead atoms. The van der Waals surface area contributed by atoms with Crippen molar-refractivity contribution in [1.82, 2.24) is 0 Å². The minimum atomic E-state index is -0.659. The summed E-state index contributed by atoms with van der Waals surface area (Å²) >= 11 is 0. The molecule has 0 saturated carbocycles. The number of hydrogen-bond acceptors (Lipinski definition) is 4. The van der Waals surface area contributed by atoms with E-state index < -0.39 is 11.7 Å². The van der Waals surface area contributed by atoms with Crippen LogP contribution >= 0.6 is 0 Å². The monoisotopic (exact) mass is 207 g/mol. The highest BCUT2D eigenvalue weighted by molar-refractivity contribution is 6.52. The second kappa shape index (κ2) is 3.27. The topological polar surface area (TPSA) is 64.6 Å². The van der Waals surface area contributed by atoms with Crippen LogP contribution in [0, 0.1) is 0 Å². The van der Waals surface area contributed by atoms with Crippen molar-refractivity contribution in [2.24, 2.45) is 0 Å². The maximum Gasteiger partial charge on any atom is 0.297 e. The average molecular weight is 207 g/mol. The molecule has 5 nitrogen and oxygen atoms in total. The molecule has 0 fully saturated rings. The Morgan fingerprint density at radius 1 is 1.07 bits per heavy atom. The standard InChI is InChI=1S/C10H9NO4/c1-14-5-3-4-6(15-2)8-7(5)9(12)10(13)11-8/h3-4H,1-2H3,(H,11,12,13). The van der Waals surface area contributed by atoms with Gasteiger partial charge in [-0.25, -0.2) is 0 Å². The minimum absolute atomic E-state index is 0.238. The van der Waals surface area contributed by atoms with E-state index in [4.69, 9.17) is 9.47 Å². The van der Waals surface area contributed by atoms with E-state index in [1.165, 1.54) is 14.2 Å². The molecule has 1 aromatic carbocycles. The highest BCUT2D eigenvalue weighted by Crippen LogP contribution is 2.38. The Morgan fingerprint density at radius 3 is 2.27 bits per heavy atom. The number of nitrogens with one attached hydrogen (secondary N) is 1. The molecule has 0 spiro atoms. The summed E-state index contributed by atoms with van der Waals surface area (Å²) in [6.45, 7) is 0. The Balaban J connectivity index is 2.67. The molecule has 0 aliphatic carbocycles. The molecule has 1 aliphatic rings. The van der Waals surface area contributed by atoms with Gasteiger partial charge in [-0.05, 0) is 12.1 Å². The van der Waals surface area contributed by atoms with Crippen LogP contribution in [0.5, 0.6) is 11.5 Å². The van der Waals surface area contributed by atoms with E-state index >= 15 is 0 Å². The van der Waals surface area contributed by atoms with Crippen molar-refractivity contribution in [3.63, 3.8) is 0 Å². The number of ketones is 1. The van der Waals surface area contributed by atoms with Gasteiger partial charge in [0.2, 0.25) is 0 Å². The van der Waals surface area contributed by atoms with Gasteiger partial charge in [0, 0.05) is 0 Å². The van der Waals surface area contributed by atoms with Gasteiger partial charge in [-0.2, -0.15) is 0 Å². The molecule has 2 rings (SSSR count). The number of anilines is 1. The molecule has 15 heavy (non-hydrogen) atoms. The molecule has 1 aromatic rings. The highest BCUT2D eigenvalue weighted by Gasteiger charge is 2.33. The third-order valence-electron chi connectivity index (χ3n) is 2.24. The number of methoxy groups -OCH3 is 2. The molecule has 1 aliphatic heterocycles. The van der Waals surface area contributed by atoms with E-state index in [0.29, 0.717) is 17.2 Å². The SMILES string of the molecule is COc1ccc(OC)c2c1NC(=O)C2=O. The normalized spacial score (nSPS) is 13.5. The summed E-state index contributed by atoms with van der Waals surface area (Å²) in [7, 11) is 2.91. The molecule has 0 radical (unpaired) electrons. The second-order valence-electron chi connectivity index (χ2n) is 3.00. The van der Waals surface area contributed by atoms with Crippen molar-refractivity contribution in [1.29, 1.82) is 0 Å². The van der Waals surface area contributed by atoms with Gasteiger partial charge in [-0.15, -0.1) is 0 Å². The third kappa shape index (κ3) is 1.24. The van der Waals surface area contributed by atoms with E-state index in [1.54, 1.807) is 12.1 Å². The summed E-state index contributed by atoms with van der Waals surface area (Å²) in [4.78, 5) is 22.7. The van der Waals surface area contributed by atoms with Gasteiger partial charge in [0.05, 0.1) is 25.5 Å². The molecule has 0 saturated heterocycles. The fraction of sp³-hybridized carbons (Fsp3) is 0.200. The zero-order valence-electron chi connectivity index (χ0n) is 8.29. The molecule has 1 heterocycles. The lowest BCUT2D eigenvalue weighted by atomic mass is 10.1. The lowest BCUT2D eigenvalue weighted by molar-refractivity contribution is -0.112. The van der Waals surface area contributed by atoms with Crippen molar-refractivity contribution in [2.45, 2.75) is 0 Å². The highest BCUT2D eigenvalue weighted by atomic mass is 16.5. The average Bonchev–Trinajstić information content (AvgIpc) is 2.55. The first kappa shape index (κ1) is 9.51. The Labute approximate surface area is 86.0 Å². The van der Waals surface area contributed by atoms with Crippen molar-refractivity contribution in [3.05, 3.63) is 17.7 Å². The fourth-order valence-electron chi connectivity index (χ4n) is 1.54. The number of rotatable bonds is 2. The Morgan fingerprint density at radius 2 is 1.67 bits per heavy atom. The van der Waals surface area contributed by atoms with Crippen LogP contribution in [-0.4, -0.2) is 25.9 Å². The number of hydrogen-bond donors (Lipinski definition) is 1. The maximum absolute atomic E-state index is 11.5. The largest absolute Gasteiger partial charge is 0.496 e. The van der Waals surface area contributed by atoms with Crippen LogP contribution in [0.15, 0.2) is 12.1 Å². The van der Waals surface area contributed by atoms with Crippen molar-refractivity contribution in [3.8, 4) is 11.5 Å². The van der Waals surface area contributed by atoms with Crippen LogP contribution in [0.1, 0.15) is 10.4 Å². The zero-order valence-corrected chi connectivity index (χ0v) is 8.29. The predicted octanol–water partition coefficient (Wildman–Crippen LogP) is 0.839. The molecule has 5 heteroatoms. The summed E-state index contributed by atoms with van der Waals surface area (Å²) in [5.74, 6) is -0.437. The Kier molecular flexibility index (Phi) is 2.07. The minimum Gasteiger partial charge on any atom is -0.496 e. The first-order valence-corrected chi connectivity index (χ1v) is 4.29. The van der Waals surface area contributed by atoms with E-state index in [2.05, 4.69) is 5.32 Å². The predicted molar refractivity (Wildman–Crippen MR) is 52.5 cm³/mol. The van der Waals surface area contributed by atoms with E-state index in [-0.39, 0.29) is 5.56 Å². The number of benzene rings is 1. The third-order valence-corrected chi connectivity index (χ3v) is 2.24. The molecule has 1 N–H and O–H groups in total. The summed E-state index contributed by atoms with van der Waals surface area (Å²) in [6, 6.07) is 3.23. The lowest BCUT2D eigenvalue weighted by Gasteiger charge is -2.08. The second-order valence-corrected chi connectivity index (χ2v) is 3.00. The van der Waals surface area contributed by atoms with Crippen LogP contribution in [0.3, 0.4) is 0 Å². The smallest absolute Gasteiger partial charge is 0.297 e. The Hall–Kier alpha value is -2.04. The van der Waals surface area contributed by atoms with Crippen LogP contribution < -0.4 is 14.8 Å². The van der Waals surface area contributed by atoms with Crippen LogP contribution in [0.4, 0.5) is 5.69 Å². The fourth-order valence-corrected chi connectivity index (χ4v) is 1.54. The number of Topliss-reactive ketones (excluding diaryl/α,β-unsaturated/α-hetero) is 1. The molecular weight excluding hydrogens is 198 g/mol. The first-order chi connectivity index (χ1) is 7.19. The summed E-state index contributed by atoms with van der Waals surface area (Å²) in [6.07, 6.45) is 0. The molecule has 0 unspecified atom stereocenters. The molecule has 0 aromatic heterocycles. The zero-order chi connectivity index (χ0) is 11.0. The van der Waals surface area contributed by atoms with Crippen LogP contribution in [-0.2, 0) is 4.79 Å². The summed E-state index contributed by atoms with van der Waals surface area (Å²) in [5.41, 5.74) is 0.619. The van der Waals surface area contributed by atoms with E-state index in [9.17, 15) is 9.59 Å². The molecule has 0 atom stereocenters. The summed E-state index contributed by atoms with van der Waals surface area (Å²) < 4.78 is 10.0. The van der Waals surface area contributed by atoms with Gasteiger partial charge in [-0.3, -0.25) is 9.59 Å². The van der Waals surface area contributed by atoms with Gasteiger partial charge >= 0.3 is 0 Å². The van der Waals surface area contributed by atoms with Crippen molar-refractivity contribution < 1.29 is 19.1 Å².